The normalized spacial score (nSPS) is 16.4. The van der Waals surface area contributed by atoms with Crippen molar-refractivity contribution in [1.29, 1.82) is 0 Å². The van der Waals surface area contributed by atoms with Gasteiger partial charge in [-0.25, -0.2) is 10.4 Å². The molecule has 2 aromatic rings. The van der Waals surface area contributed by atoms with Crippen LogP contribution in [0.25, 0.3) is 0 Å². The molecule has 3 rings (SSSR count). The Hall–Kier alpha value is -3.52. The van der Waals surface area contributed by atoms with Crippen molar-refractivity contribution in [1.82, 2.24) is 20.2 Å². The number of carbonyl (C=O) groups is 3. The van der Waals surface area contributed by atoms with E-state index in [0.717, 1.165) is 0 Å². The second-order valence-corrected chi connectivity index (χ2v) is 7.27. The minimum atomic E-state index is -0.601. The lowest BCUT2D eigenvalue weighted by Crippen LogP contribution is -2.56. The van der Waals surface area contributed by atoms with E-state index >= 15 is 0 Å². The number of nitrogens with zero attached hydrogens (tertiary/aromatic N) is 4. The summed E-state index contributed by atoms with van der Waals surface area (Å²) in [6, 6.07) is 12.1. The number of anilines is 1. The van der Waals surface area contributed by atoms with Gasteiger partial charge in [-0.1, -0.05) is 24.3 Å². The predicted octanol–water partition coefficient (Wildman–Crippen LogP) is 2.11. The molecule has 0 bridgehead atoms. The molecule has 162 valence electrons. The molecule has 8 nitrogen and oxygen atoms in total. The molecule has 1 saturated heterocycles. The number of nitrogens with one attached hydrogen (secondary N) is 1. The van der Waals surface area contributed by atoms with E-state index in [0.29, 0.717) is 31.0 Å². The number of Topliss-reactive ketones (excluding diaryl/α,β-unsaturated/α-hetero) is 1. The summed E-state index contributed by atoms with van der Waals surface area (Å²) in [5.74, 6) is -0.643. The summed E-state index contributed by atoms with van der Waals surface area (Å²) in [5, 5.41) is 1.70. The van der Waals surface area contributed by atoms with Crippen molar-refractivity contribution in [2.24, 2.45) is 0 Å². The van der Waals surface area contributed by atoms with Gasteiger partial charge in [0.15, 0.2) is 0 Å². The van der Waals surface area contributed by atoms with Crippen molar-refractivity contribution in [3.05, 3.63) is 72.1 Å². The van der Waals surface area contributed by atoms with E-state index in [1.807, 2.05) is 38.1 Å². The molecule has 1 aromatic heterocycles. The van der Waals surface area contributed by atoms with E-state index in [1.54, 1.807) is 47.4 Å². The molecule has 8 heteroatoms. The van der Waals surface area contributed by atoms with Gasteiger partial charge < -0.3 is 9.80 Å². The van der Waals surface area contributed by atoms with Crippen LogP contribution in [0.4, 0.5) is 5.82 Å². The molecule has 1 fully saturated rings. The number of rotatable bonds is 6. The van der Waals surface area contributed by atoms with Gasteiger partial charge in [-0.15, -0.1) is 0 Å². The standard InChI is InChI=1S/C23H27N5O3/c1-4-12-28(24-3)20-11-10-19(15-25-20)21(29)23(31)27-14-13-26(16-17(27)2)22(30)18-8-6-5-7-9-18/h4-12,15,17,24H,13-14,16H2,1-3H3/b12-4-. The Balaban J connectivity index is 1.65. The molecule has 0 aliphatic carbocycles. The second-order valence-electron chi connectivity index (χ2n) is 7.27. The largest absolute Gasteiger partial charge is 0.335 e. The number of carbonyl (C=O) groups excluding carboxylic acids is 3. The molecule has 31 heavy (non-hydrogen) atoms. The van der Waals surface area contributed by atoms with Gasteiger partial charge in [-0.3, -0.25) is 19.4 Å². The number of aromatic nitrogens is 1. The average Bonchev–Trinajstić information content (AvgIpc) is 2.81. The van der Waals surface area contributed by atoms with Crippen LogP contribution in [0.2, 0.25) is 0 Å². The number of piperazine rings is 1. The minimum Gasteiger partial charge on any atom is -0.335 e. The third-order valence-corrected chi connectivity index (χ3v) is 5.19. The molecule has 1 aliphatic rings. The lowest BCUT2D eigenvalue weighted by Gasteiger charge is -2.39. The summed E-state index contributed by atoms with van der Waals surface area (Å²) in [4.78, 5) is 45.8. The average molecular weight is 422 g/mol. The topological polar surface area (TPSA) is 85.9 Å². The molecule has 1 unspecified atom stereocenters. The first-order chi connectivity index (χ1) is 15.0. The first-order valence-corrected chi connectivity index (χ1v) is 10.2. The summed E-state index contributed by atoms with van der Waals surface area (Å²) in [6.45, 7) is 4.80. The number of hydrogen-bond donors (Lipinski definition) is 1. The Morgan fingerprint density at radius 1 is 1.10 bits per heavy atom. The van der Waals surface area contributed by atoms with Gasteiger partial charge in [-0.05, 0) is 38.1 Å². The number of hydrazine groups is 1. The van der Waals surface area contributed by atoms with Gasteiger partial charge in [0.05, 0.1) is 0 Å². The maximum atomic E-state index is 12.8. The highest BCUT2D eigenvalue weighted by molar-refractivity contribution is 6.42. The van der Waals surface area contributed by atoms with E-state index in [4.69, 9.17) is 0 Å². The number of ketones is 1. The summed E-state index contributed by atoms with van der Waals surface area (Å²) < 4.78 is 0. The quantitative estimate of drug-likeness (QED) is 0.437. The fourth-order valence-electron chi connectivity index (χ4n) is 3.54. The smallest absolute Gasteiger partial charge is 0.295 e. The van der Waals surface area contributed by atoms with Crippen LogP contribution in [0.3, 0.4) is 0 Å². The van der Waals surface area contributed by atoms with Gasteiger partial charge in [0.25, 0.3) is 17.6 Å². The summed E-state index contributed by atoms with van der Waals surface area (Å²) in [7, 11) is 1.76. The molecule has 2 amide bonds. The van der Waals surface area contributed by atoms with E-state index in [9.17, 15) is 14.4 Å². The summed E-state index contributed by atoms with van der Waals surface area (Å²) in [6.07, 6.45) is 5.06. The molecular formula is C23H27N5O3. The SMILES string of the molecule is C/C=C\N(NC)c1ccc(C(=O)C(=O)N2CCN(C(=O)c3ccccc3)CC2C)cn1. The second kappa shape index (κ2) is 9.99. The van der Waals surface area contributed by atoms with Crippen LogP contribution < -0.4 is 10.4 Å². The Labute approximate surface area is 182 Å². The fraction of sp³-hybridized carbons (Fsp3) is 0.304. The summed E-state index contributed by atoms with van der Waals surface area (Å²) >= 11 is 0. The third kappa shape index (κ3) is 4.97. The molecule has 0 saturated carbocycles. The Morgan fingerprint density at radius 3 is 2.42 bits per heavy atom. The van der Waals surface area contributed by atoms with Crippen molar-refractivity contribution < 1.29 is 14.4 Å². The van der Waals surface area contributed by atoms with Crippen LogP contribution >= 0.6 is 0 Å². The van der Waals surface area contributed by atoms with Crippen molar-refractivity contribution >= 4 is 23.4 Å². The zero-order valence-electron chi connectivity index (χ0n) is 18.0. The first-order valence-electron chi connectivity index (χ1n) is 10.2. The molecule has 0 spiro atoms. The van der Waals surface area contributed by atoms with Crippen molar-refractivity contribution in [2.75, 3.05) is 31.7 Å². The van der Waals surface area contributed by atoms with E-state index in [-0.39, 0.29) is 17.5 Å². The van der Waals surface area contributed by atoms with E-state index in [1.165, 1.54) is 11.1 Å². The maximum absolute atomic E-state index is 12.8. The van der Waals surface area contributed by atoms with Gasteiger partial charge in [-0.2, -0.15) is 0 Å². The number of amides is 2. The Kier molecular flexibility index (Phi) is 7.15. The molecule has 1 atom stereocenters. The molecule has 1 aliphatic heterocycles. The van der Waals surface area contributed by atoms with E-state index < -0.39 is 11.7 Å². The van der Waals surface area contributed by atoms with Crippen molar-refractivity contribution in [3.8, 4) is 0 Å². The van der Waals surface area contributed by atoms with Crippen LogP contribution in [0, 0.1) is 0 Å². The first kappa shape index (κ1) is 22.2. The number of pyridine rings is 1. The van der Waals surface area contributed by atoms with Gasteiger partial charge in [0, 0.05) is 56.2 Å². The lowest BCUT2D eigenvalue weighted by molar-refractivity contribution is -0.130. The molecule has 0 radical (unpaired) electrons. The van der Waals surface area contributed by atoms with E-state index in [2.05, 4.69) is 10.4 Å². The molecular weight excluding hydrogens is 394 g/mol. The van der Waals surface area contributed by atoms with Crippen LogP contribution in [0.5, 0.6) is 0 Å². The predicted molar refractivity (Wildman–Crippen MR) is 118 cm³/mol. The third-order valence-electron chi connectivity index (χ3n) is 5.19. The molecule has 1 aromatic carbocycles. The van der Waals surface area contributed by atoms with Gasteiger partial charge in [0.2, 0.25) is 0 Å². The highest BCUT2D eigenvalue weighted by Gasteiger charge is 2.33. The lowest BCUT2D eigenvalue weighted by atomic mass is 10.1. The number of allylic oxidation sites excluding steroid dienone is 1. The monoisotopic (exact) mass is 421 g/mol. The van der Waals surface area contributed by atoms with Crippen LogP contribution in [0.1, 0.15) is 34.6 Å². The van der Waals surface area contributed by atoms with Crippen molar-refractivity contribution in [3.63, 3.8) is 0 Å². The van der Waals surface area contributed by atoms with Crippen molar-refractivity contribution in [2.45, 2.75) is 19.9 Å². The highest BCUT2D eigenvalue weighted by Crippen LogP contribution is 2.16. The number of benzene rings is 1. The Morgan fingerprint density at radius 2 is 1.84 bits per heavy atom. The van der Waals surface area contributed by atoms with Gasteiger partial charge >= 0.3 is 0 Å². The zero-order valence-corrected chi connectivity index (χ0v) is 18.0. The van der Waals surface area contributed by atoms with Crippen LogP contribution in [-0.4, -0.2) is 65.1 Å². The Bertz CT molecular complexity index is 959. The molecule has 2 heterocycles. The highest BCUT2D eigenvalue weighted by atomic mass is 16.2. The number of hydrogen-bond acceptors (Lipinski definition) is 6. The molecule has 1 N–H and O–H groups in total. The zero-order chi connectivity index (χ0) is 22.4. The fourth-order valence-corrected chi connectivity index (χ4v) is 3.54. The summed E-state index contributed by atoms with van der Waals surface area (Å²) in [5.41, 5.74) is 3.82. The van der Waals surface area contributed by atoms with Crippen LogP contribution in [0.15, 0.2) is 60.9 Å². The van der Waals surface area contributed by atoms with Gasteiger partial charge in [0.1, 0.15) is 5.82 Å². The van der Waals surface area contributed by atoms with Crippen LogP contribution in [-0.2, 0) is 4.79 Å². The maximum Gasteiger partial charge on any atom is 0.295 e. The minimum absolute atomic E-state index is 0.0686.